The number of carbonyl (C=O) groups excluding carboxylic acids is 1. The third kappa shape index (κ3) is 6.19. The lowest BCUT2D eigenvalue weighted by molar-refractivity contribution is -0.120. The summed E-state index contributed by atoms with van der Waals surface area (Å²) in [6.45, 7) is 8.68. The van der Waals surface area contributed by atoms with Gasteiger partial charge in [-0.2, -0.15) is 0 Å². The van der Waals surface area contributed by atoms with Gasteiger partial charge in [-0.25, -0.2) is 0 Å². The number of hydrogen-bond donors (Lipinski definition) is 3. The lowest BCUT2D eigenvalue weighted by Crippen LogP contribution is -2.52. The van der Waals surface area contributed by atoms with Crippen molar-refractivity contribution in [2.24, 2.45) is 5.41 Å². The van der Waals surface area contributed by atoms with Crippen LogP contribution in [-0.4, -0.2) is 35.3 Å². The maximum absolute atomic E-state index is 11.8. The van der Waals surface area contributed by atoms with E-state index in [4.69, 9.17) is 4.74 Å². The fourth-order valence-corrected chi connectivity index (χ4v) is 5.32. The lowest BCUT2D eigenvalue weighted by atomic mass is 9.72. The number of nitrogens with one attached hydrogen (secondary N) is 2. The van der Waals surface area contributed by atoms with E-state index in [1.165, 1.54) is 24.5 Å². The Balaban J connectivity index is 1.50. The Morgan fingerprint density at radius 3 is 2.50 bits per heavy atom. The minimum Gasteiger partial charge on any atom is -0.487 e. The molecule has 0 unspecified atom stereocenters. The summed E-state index contributed by atoms with van der Waals surface area (Å²) in [5.74, 6) is 0.843. The highest BCUT2D eigenvalue weighted by Gasteiger charge is 2.45. The number of fused-ring (bicyclic) bond motifs is 1. The predicted molar refractivity (Wildman–Crippen MR) is 136 cm³/mol. The highest BCUT2D eigenvalue weighted by Crippen LogP contribution is 2.49. The van der Waals surface area contributed by atoms with Gasteiger partial charge in [0.2, 0.25) is 5.91 Å². The minimum absolute atomic E-state index is 0.0811. The summed E-state index contributed by atoms with van der Waals surface area (Å²) >= 11 is 0. The van der Waals surface area contributed by atoms with Crippen LogP contribution in [0.4, 0.5) is 0 Å². The van der Waals surface area contributed by atoms with E-state index in [2.05, 4.69) is 49.6 Å². The Bertz CT molecular complexity index is 979. The van der Waals surface area contributed by atoms with E-state index in [1.807, 2.05) is 30.3 Å². The second-order valence-corrected chi connectivity index (χ2v) is 11.5. The Morgan fingerprint density at radius 1 is 1.15 bits per heavy atom. The molecule has 1 amide bonds. The fraction of sp³-hybridized carbons (Fsp3) is 0.552. The van der Waals surface area contributed by atoms with Crippen LogP contribution in [0.3, 0.4) is 0 Å². The zero-order chi connectivity index (χ0) is 24.3. The van der Waals surface area contributed by atoms with Crippen molar-refractivity contribution in [2.45, 2.75) is 90.0 Å². The zero-order valence-electron chi connectivity index (χ0n) is 21.1. The van der Waals surface area contributed by atoms with Gasteiger partial charge in [-0.05, 0) is 54.7 Å². The molecule has 2 aliphatic rings. The summed E-state index contributed by atoms with van der Waals surface area (Å²) in [7, 11) is 0. The molecule has 1 aliphatic carbocycles. The molecule has 5 heteroatoms. The normalized spacial score (nSPS) is 20.6. The van der Waals surface area contributed by atoms with Crippen molar-refractivity contribution in [3.8, 4) is 5.75 Å². The first-order valence-corrected chi connectivity index (χ1v) is 12.7. The Labute approximate surface area is 204 Å². The van der Waals surface area contributed by atoms with Gasteiger partial charge >= 0.3 is 0 Å². The van der Waals surface area contributed by atoms with Crippen LogP contribution in [0.2, 0.25) is 0 Å². The molecule has 3 atom stereocenters. The summed E-state index contributed by atoms with van der Waals surface area (Å²) in [6.07, 6.45) is 5.17. The summed E-state index contributed by atoms with van der Waals surface area (Å²) in [5, 5.41) is 17.7. The molecule has 3 N–H and O–H groups in total. The van der Waals surface area contributed by atoms with E-state index in [1.54, 1.807) is 0 Å². The molecule has 34 heavy (non-hydrogen) atoms. The van der Waals surface area contributed by atoms with Gasteiger partial charge in [-0.15, -0.1) is 0 Å². The summed E-state index contributed by atoms with van der Waals surface area (Å²) in [4.78, 5) is 11.8. The molecule has 1 fully saturated rings. The number of carbonyl (C=O) groups is 1. The van der Waals surface area contributed by atoms with Crippen molar-refractivity contribution in [1.82, 2.24) is 10.6 Å². The Morgan fingerprint density at radius 2 is 1.88 bits per heavy atom. The first kappa shape index (κ1) is 24.7. The highest BCUT2D eigenvalue weighted by atomic mass is 16.5. The third-order valence-electron chi connectivity index (χ3n) is 7.08. The molecular weight excluding hydrogens is 424 g/mol. The van der Waals surface area contributed by atoms with Crippen LogP contribution >= 0.6 is 0 Å². The van der Waals surface area contributed by atoms with Crippen LogP contribution in [0.1, 0.15) is 76.1 Å². The molecule has 0 saturated heterocycles. The predicted octanol–water partition coefficient (Wildman–Crippen LogP) is 4.72. The monoisotopic (exact) mass is 464 g/mol. The third-order valence-corrected chi connectivity index (χ3v) is 7.08. The van der Waals surface area contributed by atoms with Gasteiger partial charge in [0.15, 0.2) is 0 Å². The number of amides is 1. The quantitative estimate of drug-likeness (QED) is 0.529. The average Bonchev–Trinajstić information content (AvgIpc) is 2.75. The van der Waals surface area contributed by atoms with Gasteiger partial charge in [-0.1, -0.05) is 63.2 Å². The van der Waals surface area contributed by atoms with Gasteiger partial charge in [-0.3, -0.25) is 4.79 Å². The summed E-state index contributed by atoms with van der Waals surface area (Å²) in [6, 6.07) is 16.4. The number of benzene rings is 2. The average molecular weight is 465 g/mol. The van der Waals surface area contributed by atoms with Gasteiger partial charge in [0.1, 0.15) is 11.4 Å². The molecule has 0 aromatic heterocycles. The number of hydrogen-bond acceptors (Lipinski definition) is 4. The van der Waals surface area contributed by atoms with Gasteiger partial charge in [0.25, 0.3) is 0 Å². The molecule has 5 nitrogen and oxygen atoms in total. The number of aliphatic hydroxyl groups excluding tert-OH is 1. The Hall–Kier alpha value is -2.37. The molecule has 0 radical (unpaired) electrons. The standard InChI is InChI=1S/C29H40N2O3/c1-20(32)31-24(16-21-9-6-5-7-10-21)26(33)19-30-25-18-29(13-8-14-29)34-27-12-11-22(15-23(25)27)17-28(2,3)4/h5-7,9-12,15,24-26,30,33H,8,13-14,16-19H2,1-4H3,(H,31,32)/t24-,25-,26+/m0/s1. The van der Waals surface area contributed by atoms with E-state index in [0.29, 0.717) is 13.0 Å². The number of ether oxygens (including phenoxy) is 1. The molecule has 1 aliphatic heterocycles. The van der Waals surface area contributed by atoms with Crippen molar-refractivity contribution in [3.63, 3.8) is 0 Å². The zero-order valence-corrected chi connectivity index (χ0v) is 21.1. The molecule has 2 aromatic rings. The summed E-state index contributed by atoms with van der Waals surface area (Å²) in [5.41, 5.74) is 3.72. The van der Waals surface area contributed by atoms with E-state index in [0.717, 1.165) is 37.0 Å². The van der Waals surface area contributed by atoms with Crippen LogP contribution in [0.25, 0.3) is 0 Å². The van der Waals surface area contributed by atoms with Gasteiger partial charge in [0.05, 0.1) is 12.1 Å². The first-order chi connectivity index (χ1) is 16.1. The molecular formula is C29H40N2O3. The van der Waals surface area contributed by atoms with Crippen molar-refractivity contribution < 1.29 is 14.6 Å². The van der Waals surface area contributed by atoms with Gasteiger partial charge in [0, 0.05) is 31.5 Å². The van der Waals surface area contributed by atoms with E-state index in [9.17, 15) is 9.90 Å². The molecule has 4 rings (SSSR count). The molecule has 1 saturated carbocycles. The SMILES string of the molecule is CC(=O)N[C@@H](Cc1ccccc1)[C@H](O)CN[C@H]1CC2(CCC2)Oc2ccc(CC(C)(C)C)cc21. The number of aliphatic hydroxyl groups is 1. The molecule has 1 spiro atoms. The Kier molecular flexibility index (Phi) is 7.34. The molecule has 0 bridgehead atoms. The summed E-state index contributed by atoms with van der Waals surface area (Å²) < 4.78 is 6.50. The lowest BCUT2D eigenvalue weighted by Gasteiger charge is -2.48. The maximum Gasteiger partial charge on any atom is 0.217 e. The van der Waals surface area contributed by atoms with Crippen LogP contribution < -0.4 is 15.4 Å². The molecule has 2 aromatic carbocycles. The first-order valence-electron chi connectivity index (χ1n) is 12.7. The maximum atomic E-state index is 11.8. The van der Waals surface area contributed by atoms with Crippen LogP contribution in [0, 0.1) is 5.41 Å². The molecule has 1 heterocycles. The van der Waals surface area contributed by atoms with Gasteiger partial charge < -0.3 is 20.5 Å². The highest BCUT2D eigenvalue weighted by molar-refractivity contribution is 5.73. The second kappa shape index (κ2) is 10.1. The van der Waals surface area contributed by atoms with Crippen molar-refractivity contribution in [1.29, 1.82) is 0 Å². The van der Waals surface area contributed by atoms with Crippen molar-refractivity contribution in [2.75, 3.05) is 6.54 Å². The largest absolute Gasteiger partial charge is 0.487 e. The van der Waals surface area contributed by atoms with Crippen molar-refractivity contribution >= 4 is 5.91 Å². The van der Waals surface area contributed by atoms with E-state index < -0.39 is 6.10 Å². The van der Waals surface area contributed by atoms with Crippen LogP contribution in [-0.2, 0) is 17.6 Å². The molecule has 184 valence electrons. The number of rotatable bonds is 8. The minimum atomic E-state index is -0.703. The smallest absolute Gasteiger partial charge is 0.217 e. The van der Waals surface area contributed by atoms with Crippen molar-refractivity contribution in [3.05, 3.63) is 65.2 Å². The van der Waals surface area contributed by atoms with E-state index in [-0.39, 0.29) is 29.0 Å². The fourth-order valence-electron chi connectivity index (χ4n) is 5.32. The van der Waals surface area contributed by atoms with E-state index >= 15 is 0 Å². The van der Waals surface area contributed by atoms with Crippen LogP contribution in [0.15, 0.2) is 48.5 Å². The second-order valence-electron chi connectivity index (χ2n) is 11.5. The van der Waals surface area contributed by atoms with Crippen LogP contribution in [0.5, 0.6) is 5.75 Å². The topological polar surface area (TPSA) is 70.6 Å².